The van der Waals surface area contributed by atoms with Crippen molar-refractivity contribution in [3.63, 3.8) is 0 Å². The normalized spacial score (nSPS) is 14.6. The Balaban J connectivity index is 2.06. The molecule has 1 aliphatic rings. The van der Waals surface area contributed by atoms with Crippen molar-refractivity contribution < 1.29 is 0 Å². The fraction of sp³-hybridized carbons (Fsp3) is 0.467. The van der Waals surface area contributed by atoms with Crippen molar-refractivity contribution in [2.45, 2.75) is 39.0 Å². The molecule has 1 aliphatic carbocycles. The van der Waals surface area contributed by atoms with Gasteiger partial charge in [0.05, 0.1) is 15.0 Å². The highest BCUT2D eigenvalue weighted by atomic mass is 79.9. The molecule has 2 aromatic rings. The van der Waals surface area contributed by atoms with Gasteiger partial charge in [-0.25, -0.2) is 9.97 Å². The van der Waals surface area contributed by atoms with Crippen molar-refractivity contribution in [2.24, 2.45) is 0 Å². The minimum absolute atomic E-state index is 0.605. The van der Waals surface area contributed by atoms with Gasteiger partial charge in [-0.2, -0.15) is 0 Å². The molecule has 0 amide bonds. The van der Waals surface area contributed by atoms with E-state index in [9.17, 15) is 0 Å². The Morgan fingerprint density at radius 3 is 2.80 bits per heavy atom. The summed E-state index contributed by atoms with van der Waals surface area (Å²) in [5.41, 5.74) is 2.42. The van der Waals surface area contributed by atoms with E-state index in [-0.39, 0.29) is 0 Å². The summed E-state index contributed by atoms with van der Waals surface area (Å²) in [5.74, 6) is 2.40. The van der Waals surface area contributed by atoms with Gasteiger partial charge >= 0.3 is 0 Å². The van der Waals surface area contributed by atoms with Crippen LogP contribution in [0, 0.1) is 6.92 Å². The van der Waals surface area contributed by atoms with E-state index in [0.29, 0.717) is 5.92 Å². The number of rotatable bonds is 5. The number of nitrogens with one attached hydrogen (secondary N) is 1. The van der Waals surface area contributed by atoms with E-state index in [1.165, 1.54) is 29.0 Å². The van der Waals surface area contributed by atoms with Gasteiger partial charge in [-0.05, 0) is 59.1 Å². The first-order valence-electron chi connectivity index (χ1n) is 7.06. The van der Waals surface area contributed by atoms with E-state index in [0.717, 1.165) is 29.1 Å². The van der Waals surface area contributed by atoms with Crippen molar-refractivity contribution in [2.75, 3.05) is 11.9 Å². The van der Waals surface area contributed by atoms with Crippen molar-refractivity contribution in [3.8, 4) is 10.7 Å². The number of aromatic nitrogens is 2. The quantitative estimate of drug-likeness (QED) is 0.825. The fourth-order valence-electron chi connectivity index (χ4n) is 2.16. The highest BCUT2D eigenvalue weighted by Crippen LogP contribution is 2.44. The third-order valence-corrected chi connectivity index (χ3v) is 5.24. The highest BCUT2D eigenvalue weighted by molar-refractivity contribution is 9.10. The predicted molar refractivity (Wildman–Crippen MR) is 88.5 cm³/mol. The average molecular weight is 352 g/mol. The summed E-state index contributed by atoms with van der Waals surface area (Å²) >= 11 is 5.40. The van der Waals surface area contributed by atoms with Gasteiger partial charge in [0.25, 0.3) is 0 Å². The molecule has 106 valence electrons. The summed E-state index contributed by atoms with van der Waals surface area (Å²) in [4.78, 5) is 10.7. The largest absolute Gasteiger partial charge is 0.369 e. The Hall–Kier alpha value is -0.940. The number of hydrogen-bond acceptors (Lipinski definition) is 4. The van der Waals surface area contributed by atoms with Crippen LogP contribution in [-0.4, -0.2) is 16.5 Å². The maximum Gasteiger partial charge on any atom is 0.172 e. The summed E-state index contributed by atoms with van der Waals surface area (Å²) < 4.78 is 1.05. The molecule has 2 aromatic heterocycles. The fourth-order valence-corrected chi connectivity index (χ4v) is 3.66. The SMILES string of the molecule is CCCNc1nc(-c2sccc2C)nc(C2CC2)c1Br. The topological polar surface area (TPSA) is 37.8 Å². The third kappa shape index (κ3) is 2.74. The van der Waals surface area contributed by atoms with Crippen LogP contribution in [0.3, 0.4) is 0 Å². The molecular formula is C15H18BrN3S. The van der Waals surface area contributed by atoms with Gasteiger partial charge in [-0.15, -0.1) is 11.3 Å². The van der Waals surface area contributed by atoms with Crippen LogP contribution in [0.1, 0.15) is 43.4 Å². The van der Waals surface area contributed by atoms with Gasteiger partial charge in [0, 0.05) is 12.5 Å². The molecule has 0 radical (unpaired) electrons. The minimum Gasteiger partial charge on any atom is -0.369 e. The first-order chi connectivity index (χ1) is 9.70. The second-order valence-electron chi connectivity index (χ2n) is 5.23. The molecule has 0 bridgehead atoms. The summed E-state index contributed by atoms with van der Waals surface area (Å²) in [6.07, 6.45) is 3.57. The Bertz CT molecular complexity index is 620. The van der Waals surface area contributed by atoms with E-state index < -0.39 is 0 Å². The smallest absolute Gasteiger partial charge is 0.172 e. The lowest BCUT2D eigenvalue weighted by molar-refractivity contribution is 0.940. The maximum absolute atomic E-state index is 4.82. The van der Waals surface area contributed by atoms with Crippen LogP contribution in [0.25, 0.3) is 10.7 Å². The Labute approximate surface area is 132 Å². The van der Waals surface area contributed by atoms with Crippen LogP contribution in [0.15, 0.2) is 15.9 Å². The Morgan fingerprint density at radius 2 is 2.20 bits per heavy atom. The first-order valence-corrected chi connectivity index (χ1v) is 8.73. The molecule has 0 aromatic carbocycles. The summed E-state index contributed by atoms with van der Waals surface area (Å²) in [6, 6.07) is 2.13. The number of thiophene rings is 1. The van der Waals surface area contributed by atoms with Crippen LogP contribution in [0.2, 0.25) is 0 Å². The molecule has 20 heavy (non-hydrogen) atoms. The van der Waals surface area contributed by atoms with Crippen LogP contribution in [-0.2, 0) is 0 Å². The summed E-state index contributed by atoms with van der Waals surface area (Å²) in [7, 11) is 0. The molecule has 0 saturated heterocycles. The molecule has 0 spiro atoms. The van der Waals surface area contributed by atoms with E-state index in [2.05, 4.69) is 46.5 Å². The zero-order valence-electron chi connectivity index (χ0n) is 11.7. The van der Waals surface area contributed by atoms with Crippen LogP contribution in [0.5, 0.6) is 0 Å². The van der Waals surface area contributed by atoms with Crippen LogP contribution in [0.4, 0.5) is 5.82 Å². The first kappa shape index (κ1) is 14.0. The monoisotopic (exact) mass is 351 g/mol. The lowest BCUT2D eigenvalue weighted by Crippen LogP contribution is -2.07. The molecule has 3 rings (SSSR count). The standard InChI is InChI=1S/C15H18BrN3S/c1-3-7-17-14-11(16)12(10-4-5-10)18-15(19-14)13-9(2)6-8-20-13/h6,8,10H,3-5,7H2,1-2H3,(H,17,18,19). The van der Waals surface area contributed by atoms with E-state index in [4.69, 9.17) is 9.97 Å². The lowest BCUT2D eigenvalue weighted by Gasteiger charge is -2.12. The highest BCUT2D eigenvalue weighted by Gasteiger charge is 2.29. The second-order valence-corrected chi connectivity index (χ2v) is 6.94. The average Bonchev–Trinajstić information content (AvgIpc) is 3.20. The molecule has 0 unspecified atom stereocenters. The Kier molecular flexibility index (Phi) is 4.08. The van der Waals surface area contributed by atoms with E-state index in [1.807, 2.05) is 0 Å². The molecule has 1 saturated carbocycles. The molecule has 3 nitrogen and oxygen atoms in total. The molecule has 0 aliphatic heterocycles. The second kappa shape index (κ2) is 5.82. The molecule has 2 heterocycles. The summed E-state index contributed by atoms with van der Waals surface area (Å²) in [6.45, 7) is 5.21. The van der Waals surface area contributed by atoms with Crippen molar-refractivity contribution >= 4 is 33.1 Å². The van der Waals surface area contributed by atoms with Gasteiger partial charge in [0.1, 0.15) is 5.82 Å². The number of nitrogens with zero attached hydrogens (tertiary/aromatic N) is 2. The predicted octanol–water partition coefficient (Wildman–Crippen LogP) is 4.98. The number of aryl methyl sites for hydroxylation is 1. The summed E-state index contributed by atoms with van der Waals surface area (Å²) in [5, 5.41) is 5.52. The minimum atomic E-state index is 0.605. The molecule has 5 heteroatoms. The van der Waals surface area contributed by atoms with Gasteiger partial charge in [0.15, 0.2) is 5.82 Å². The van der Waals surface area contributed by atoms with Gasteiger partial charge in [-0.1, -0.05) is 6.92 Å². The van der Waals surface area contributed by atoms with Crippen molar-refractivity contribution in [3.05, 3.63) is 27.2 Å². The molecule has 0 atom stereocenters. The number of anilines is 1. The Morgan fingerprint density at radius 1 is 1.40 bits per heavy atom. The zero-order valence-corrected chi connectivity index (χ0v) is 14.1. The zero-order chi connectivity index (χ0) is 14.1. The van der Waals surface area contributed by atoms with Gasteiger partial charge in [-0.3, -0.25) is 0 Å². The van der Waals surface area contributed by atoms with Crippen LogP contribution >= 0.6 is 27.3 Å². The van der Waals surface area contributed by atoms with Crippen molar-refractivity contribution in [1.82, 2.24) is 9.97 Å². The van der Waals surface area contributed by atoms with Gasteiger partial charge < -0.3 is 5.32 Å². The maximum atomic E-state index is 4.82. The third-order valence-electron chi connectivity index (χ3n) is 3.45. The van der Waals surface area contributed by atoms with Crippen molar-refractivity contribution in [1.29, 1.82) is 0 Å². The molecular weight excluding hydrogens is 334 g/mol. The van der Waals surface area contributed by atoms with E-state index in [1.54, 1.807) is 11.3 Å². The molecule has 1 fully saturated rings. The van der Waals surface area contributed by atoms with Gasteiger partial charge in [0.2, 0.25) is 0 Å². The van der Waals surface area contributed by atoms with E-state index >= 15 is 0 Å². The lowest BCUT2D eigenvalue weighted by atomic mass is 10.2. The number of halogens is 1. The number of hydrogen-bond donors (Lipinski definition) is 1. The molecule has 1 N–H and O–H groups in total. The van der Waals surface area contributed by atoms with Crippen LogP contribution < -0.4 is 5.32 Å².